The van der Waals surface area contributed by atoms with E-state index >= 15 is 0 Å². The van der Waals surface area contributed by atoms with Crippen LogP contribution in [0.5, 0.6) is 0 Å². The Bertz CT molecular complexity index is 679. The molecule has 0 radical (unpaired) electrons. The minimum Gasteiger partial charge on any atom is -0.451 e. The smallest absolute Gasteiger partial charge is 0.335 e. The molecule has 1 fully saturated rings. The van der Waals surface area contributed by atoms with Gasteiger partial charge in [0.1, 0.15) is 5.60 Å². The predicted octanol–water partition coefficient (Wildman–Crippen LogP) is 4.32. The number of nitrogens with one attached hydrogen (secondary N) is 1. The summed E-state index contributed by atoms with van der Waals surface area (Å²) in [7, 11) is 0. The summed E-state index contributed by atoms with van der Waals surface area (Å²) in [5, 5.41) is 2.94. The summed E-state index contributed by atoms with van der Waals surface area (Å²) in [6, 6.07) is 7.87. The lowest BCUT2D eigenvalue weighted by molar-refractivity contribution is -0.149. The Morgan fingerprint density at radius 3 is 2.33 bits per heavy atom. The van der Waals surface area contributed by atoms with Crippen LogP contribution in [0.2, 0.25) is 0 Å². The Balaban J connectivity index is 1.83. The van der Waals surface area contributed by atoms with Crippen molar-refractivity contribution in [1.82, 2.24) is 0 Å². The molecule has 4 nitrogen and oxygen atoms in total. The second-order valence-corrected chi connectivity index (χ2v) is 7.18. The third-order valence-corrected chi connectivity index (χ3v) is 5.15. The van der Waals surface area contributed by atoms with Crippen molar-refractivity contribution in [2.45, 2.75) is 64.4 Å². The molecule has 1 spiro atoms. The van der Waals surface area contributed by atoms with Gasteiger partial charge in [-0.25, -0.2) is 4.79 Å². The second kappa shape index (κ2) is 6.42. The van der Waals surface area contributed by atoms with Gasteiger partial charge in [-0.05, 0) is 56.2 Å². The molecule has 1 aliphatic carbocycles. The molecule has 1 aromatic rings. The summed E-state index contributed by atoms with van der Waals surface area (Å²) in [6.45, 7) is 5.97. The van der Waals surface area contributed by atoms with Gasteiger partial charge in [-0.1, -0.05) is 32.4 Å². The maximum Gasteiger partial charge on any atom is 0.335 e. The largest absolute Gasteiger partial charge is 0.451 e. The highest BCUT2D eigenvalue weighted by Crippen LogP contribution is 2.44. The van der Waals surface area contributed by atoms with Crippen molar-refractivity contribution >= 4 is 17.6 Å². The number of hydrogen-bond donors (Lipinski definition) is 1. The first-order chi connectivity index (χ1) is 11.4. The fourth-order valence-electron chi connectivity index (χ4n) is 3.75. The number of esters is 1. The summed E-state index contributed by atoms with van der Waals surface area (Å²) in [5.74, 6) is -0.110. The molecule has 0 bridgehead atoms. The number of amides is 1. The van der Waals surface area contributed by atoms with Gasteiger partial charge in [-0.3, -0.25) is 4.79 Å². The number of hydrogen-bond acceptors (Lipinski definition) is 3. The minimum atomic E-state index is -0.707. The topological polar surface area (TPSA) is 55.4 Å². The van der Waals surface area contributed by atoms with Crippen molar-refractivity contribution in [3.8, 4) is 0 Å². The van der Waals surface area contributed by atoms with Crippen molar-refractivity contribution in [2.75, 3.05) is 5.32 Å². The summed E-state index contributed by atoms with van der Waals surface area (Å²) >= 11 is 0. The Kier molecular flexibility index (Phi) is 4.48. The Hall–Kier alpha value is -2.10. The fourth-order valence-corrected chi connectivity index (χ4v) is 3.75. The molecule has 24 heavy (non-hydrogen) atoms. The zero-order valence-corrected chi connectivity index (χ0v) is 14.6. The van der Waals surface area contributed by atoms with Crippen LogP contribution >= 0.6 is 0 Å². The van der Waals surface area contributed by atoms with Gasteiger partial charge in [0.15, 0.2) is 0 Å². The van der Waals surface area contributed by atoms with Crippen LogP contribution in [0.3, 0.4) is 0 Å². The van der Waals surface area contributed by atoms with Crippen LogP contribution in [0.4, 0.5) is 5.69 Å². The van der Waals surface area contributed by atoms with E-state index in [1.165, 1.54) is 5.56 Å². The van der Waals surface area contributed by atoms with Crippen molar-refractivity contribution in [1.29, 1.82) is 0 Å². The van der Waals surface area contributed by atoms with Crippen molar-refractivity contribution in [3.63, 3.8) is 0 Å². The molecule has 1 aromatic carbocycles. The van der Waals surface area contributed by atoms with E-state index in [0.29, 0.717) is 17.1 Å². The monoisotopic (exact) mass is 327 g/mol. The molecular formula is C20H25NO3. The average molecular weight is 327 g/mol. The van der Waals surface area contributed by atoms with Crippen LogP contribution in [-0.4, -0.2) is 17.5 Å². The highest BCUT2D eigenvalue weighted by atomic mass is 16.6. The van der Waals surface area contributed by atoms with Gasteiger partial charge < -0.3 is 10.1 Å². The minimum absolute atomic E-state index is 0.211. The Morgan fingerprint density at radius 1 is 1.12 bits per heavy atom. The van der Waals surface area contributed by atoms with Crippen LogP contribution in [0, 0.1) is 0 Å². The van der Waals surface area contributed by atoms with E-state index in [-0.39, 0.29) is 11.9 Å². The van der Waals surface area contributed by atoms with E-state index in [0.717, 1.165) is 37.8 Å². The quantitative estimate of drug-likeness (QED) is 0.841. The van der Waals surface area contributed by atoms with Gasteiger partial charge >= 0.3 is 5.97 Å². The maximum atomic E-state index is 12.9. The predicted molar refractivity (Wildman–Crippen MR) is 93.8 cm³/mol. The number of benzene rings is 1. The van der Waals surface area contributed by atoms with Crippen LogP contribution in [0.25, 0.3) is 0 Å². The molecule has 1 aliphatic heterocycles. The zero-order chi connectivity index (χ0) is 17.3. The van der Waals surface area contributed by atoms with Gasteiger partial charge in [0, 0.05) is 11.3 Å². The molecule has 128 valence electrons. The summed E-state index contributed by atoms with van der Waals surface area (Å²) in [5.41, 5.74) is 2.25. The first kappa shape index (κ1) is 16.7. The molecule has 3 rings (SSSR count). The summed E-state index contributed by atoms with van der Waals surface area (Å²) in [6.07, 6.45) is 4.58. The first-order valence-corrected chi connectivity index (χ1v) is 8.79. The van der Waals surface area contributed by atoms with Crippen molar-refractivity contribution in [3.05, 3.63) is 41.0 Å². The summed E-state index contributed by atoms with van der Waals surface area (Å²) in [4.78, 5) is 24.9. The number of rotatable bonds is 3. The third-order valence-electron chi connectivity index (χ3n) is 5.15. The standard InChI is InChI=1S/C20H25NO3/c1-13(2)15-7-9-16(10-8-15)21-18(22)17-14(3)19(23)24-20(17)11-5-4-6-12-20/h7-10,13H,4-6,11-12H2,1-3H3,(H,21,22). The Morgan fingerprint density at radius 2 is 1.75 bits per heavy atom. The molecule has 0 saturated heterocycles. The molecule has 1 N–H and O–H groups in total. The number of carbonyl (C=O) groups is 2. The third kappa shape index (κ3) is 2.97. The zero-order valence-electron chi connectivity index (χ0n) is 14.6. The van der Waals surface area contributed by atoms with Gasteiger partial charge in [-0.15, -0.1) is 0 Å². The lowest BCUT2D eigenvalue weighted by atomic mass is 9.78. The molecule has 1 amide bonds. The van der Waals surface area contributed by atoms with E-state index < -0.39 is 5.60 Å². The molecule has 0 atom stereocenters. The van der Waals surface area contributed by atoms with Crippen LogP contribution in [0.1, 0.15) is 64.4 Å². The summed E-state index contributed by atoms with van der Waals surface area (Å²) < 4.78 is 5.65. The normalized spacial score (nSPS) is 19.8. The van der Waals surface area contributed by atoms with Crippen molar-refractivity contribution in [2.24, 2.45) is 0 Å². The molecule has 4 heteroatoms. The Labute approximate surface area is 143 Å². The molecule has 0 unspecified atom stereocenters. The second-order valence-electron chi connectivity index (χ2n) is 7.18. The molecule has 1 heterocycles. The van der Waals surface area contributed by atoms with Gasteiger partial charge in [0.05, 0.1) is 5.57 Å². The van der Waals surface area contributed by atoms with Crippen LogP contribution < -0.4 is 5.32 Å². The van der Waals surface area contributed by atoms with E-state index in [1.54, 1.807) is 6.92 Å². The molecular weight excluding hydrogens is 302 g/mol. The van der Waals surface area contributed by atoms with Gasteiger partial charge in [0.2, 0.25) is 0 Å². The number of ether oxygens (including phenoxy) is 1. The van der Waals surface area contributed by atoms with E-state index in [1.807, 2.05) is 24.3 Å². The average Bonchev–Trinajstić information content (AvgIpc) is 2.79. The lowest BCUT2D eigenvalue weighted by Crippen LogP contribution is -2.39. The molecule has 0 aromatic heterocycles. The van der Waals surface area contributed by atoms with Crippen LogP contribution in [0.15, 0.2) is 35.4 Å². The highest BCUT2D eigenvalue weighted by molar-refractivity contribution is 6.12. The van der Waals surface area contributed by atoms with Crippen LogP contribution in [-0.2, 0) is 14.3 Å². The van der Waals surface area contributed by atoms with E-state index in [2.05, 4.69) is 19.2 Å². The molecule has 2 aliphatic rings. The maximum absolute atomic E-state index is 12.9. The van der Waals surface area contributed by atoms with Gasteiger partial charge in [0.25, 0.3) is 5.91 Å². The van der Waals surface area contributed by atoms with E-state index in [9.17, 15) is 9.59 Å². The fraction of sp³-hybridized carbons (Fsp3) is 0.500. The first-order valence-electron chi connectivity index (χ1n) is 8.79. The number of anilines is 1. The van der Waals surface area contributed by atoms with E-state index in [4.69, 9.17) is 4.74 Å². The number of carbonyl (C=O) groups excluding carboxylic acids is 2. The SMILES string of the molecule is CC1=C(C(=O)Nc2ccc(C(C)C)cc2)C2(CCCCC2)OC1=O. The lowest BCUT2D eigenvalue weighted by Gasteiger charge is -2.34. The molecule has 1 saturated carbocycles. The highest BCUT2D eigenvalue weighted by Gasteiger charge is 2.49. The van der Waals surface area contributed by atoms with Gasteiger partial charge in [-0.2, -0.15) is 0 Å². The van der Waals surface area contributed by atoms with Crippen molar-refractivity contribution < 1.29 is 14.3 Å².